The van der Waals surface area contributed by atoms with Crippen molar-refractivity contribution in [2.75, 3.05) is 13.1 Å². The van der Waals surface area contributed by atoms with Gasteiger partial charge >= 0.3 is 0 Å². The summed E-state index contributed by atoms with van der Waals surface area (Å²) < 4.78 is 1.77. The van der Waals surface area contributed by atoms with Crippen LogP contribution in [0.1, 0.15) is 36.2 Å². The average molecular weight is 299 g/mol. The van der Waals surface area contributed by atoms with Crippen LogP contribution in [0, 0.1) is 5.41 Å². The van der Waals surface area contributed by atoms with Gasteiger partial charge in [0.05, 0.1) is 11.6 Å². The molecule has 5 nitrogen and oxygen atoms in total. The molecular weight excluding hydrogens is 278 g/mol. The van der Waals surface area contributed by atoms with Crippen LogP contribution in [-0.4, -0.2) is 44.9 Å². The number of carbonyl (C=O) groups is 1. The van der Waals surface area contributed by atoms with E-state index < -0.39 is 0 Å². The number of amides is 1. The number of aliphatic hydroxyl groups excluding tert-OH is 1. The van der Waals surface area contributed by atoms with Gasteiger partial charge in [-0.05, 0) is 37.2 Å². The molecule has 2 aromatic rings. The molecule has 4 rings (SSSR count). The summed E-state index contributed by atoms with van der Waals surface area (Å²) in [6.07, 6.45) is 3.66. The minimum Gasteiger partial charge on any atom is -0.393 e. The van der Waals surface area contributed by atoms with Crippen LogP contribution < -0.4 is 0 Å². The van der Waals surface area contributed by atoms with E-state index in [1.165, 1.54) is 0 Å². The summed E-state index contributed by atoms with van der Waals surface area (Å²) in [5.74, 6) is 0.0143. The third kappa shape index (κ3) is 1.88. The van der Waals surface area contributed by atoms with Crippen molar-refractivity contribution in [1.29, 1.82) is 0 Å². The molecule has 1 aromatic heterocycles. The number of fused-ring (bicyclic) bond motifs is 1. The van der Waals surface area contributed by atoms with E-state index in [0.717, 1.165) is 49.7 Å². The molecule has 1 N–H and O–H groups in total. The highest BCUT2D eigenvalue weighted by Gasteiger charge is 2.48. The zero-order chi connectivity index (χ0) is 15.3. The van der Waals surface area contributed by atoms with Crippen LogP contribution in [0.5, 0.6) is 0 Å². The van der Waals surface area contributed by atoms with Gasteiger partial charge in [-0.3, -0.25) is 9.48 Å². The predicted molar refractivity (Wildman–Crippen MR) is 83.5 cm³/mol. The first kappa shape index (κ1) is 13.8. The van der Waals surface area contributed by atoms with Gasteiger partial charge < -0.3 is 10.0 Å². The van der Waals surface area contributed by atoms with Gasteiger partial charge in [0.15, 0.2) is 5.69 Å². The van der Waals surface area contributed by atoms with E-state index in [1.807, 2.05) is 36.2 Å². The molecule has 1 spiro atoms. The standard InChI is InChI=1S/C17H21N3O2/c1-19-13-5-3-2-4-12(13)15(18-19)16(22)20-10-8-17(9-11-20)7-6-14(17)21/h2-5,14,21H,6-11H2,1H3. The molecule has 22 heavy (non-hydrogen) atoms. The lowest BCUT2D eigenvalue weighted by Gasteiger charge is -2.51. The Balaban J connectivity index is 1.57. The molecule has 1 saturated carbocycles. The SMILES string of the molecule is Cn1nc(C(=O)N2CCC3(CCC3O)CC2)c2ccccc21. The van der Waals surface area contributed by atoms with Gasteiger partial charge in [0.1, 0.15) is 0 Å². The lowest BCUT2D eigenvalue weighted by Crippen LogP contribution is -2.53. The van der Waals surface area contributed by atoms with Crippen LogP contribution in [0.3, 0.4) is 0 Å². The van der Waals surface area contributed by atoms with Crippen molar-refractivity contribution in [1.82, 2.24) is 14.7 Å². The largest absolute Gasteiger partial charge is 0.393 e. The van der Waals surface area contributed by atoms with Crippen LogP contribution in [-0.2, 0) is 7.05 Å². The summed E-state index contributed by atoms with van der Waals surface area (Å²) in [7, 11) is 1.87. The Morgan fingerprint density at radius 3 is 2.64 bits per heavy atom. The minimum atomic E-state index is -0.166. The van der Waals surface area contributed by atoms with Crippen molar-refractivity contribution in [3.8, 4) is 0 Å². The smallest absolute Gasteiger partial charge is 0.275 e. The fourth-order valence-electron chi connectivity index (χ4n) is 3.94. The number of benzene rings is 1. The van der Waals surface area contributed by atoms with E-state index in [2.05, 4.69) is 5.10 Å². The molecule has 0 radical (unpaired) electrons. The molecule has 5 heteroatoms. The maximum absolute atomic E-state index is 12.8. The number of rotatable bonds is 1. The molecular formula is C17H21N3O2. The topological polar surface area (TPSA) is 58.4 Å². The Morgan fingerprint density at radius 2 is 2.00 bits per heavy atom. The summed E-state index contributed by atoms with van der Waals surface area (Å²) in [6, 6.07) is 7.84. The molecule has 116 valence electrons. The fourth-order valence-corrected chi connectivity index (χ4v) is 3.94. The first-order valence-electron chi connectivity index (χ1n) is 8.00. The molecule has 1 saturated heterocycles. The Morgan fingerprint density at radius 1 is 1.27 bits per heavy atom. The summed E-state index contributed by atoms with van der Waals surface area (Å²) in [4.78, 5) is 14.7. The zero-order valence-corrected chi connectivity index (χ0v) is 12.8. The third-order valence-corrected chi connectivity index (χ3v) is 5.63. The van der Waals surface area contributed by atoms with Crippen molar-refractivity contribution in [3.63, 3.8) is 0 Å². The Kier molecular flexibility index (Phi) is 3.01. The lowest BCUT2D eigenvalue weighted by atomic mass is 9.61. The number of nitrogens with zero attached hydrogens (tertiary/aromatic N) is 3. The lowest BCUT2D eigenvalue weighted by molar-refractivity contribution is -0.0952. The van der Waals surface area contributed by atoms with E-state index in [1.54, 1.807) is 4.68 Å². The maximum Gasteiger partial charge on any atom is 0.275 e. The normalized spacial score (nSPS) is 23.7. The Hall–Kier alpha value is -1.88. The van der Waals surface area contributed by atoms with Crippen molar-refractivity contribution < 1.29 is 9.90 Å². The van der Waals surface area contributed by atoms with Gasteiger partial charge in [-0.15, -0.1) is 0 Å². The number of hydrogen-bond donors (Lipinski definition) is 1. The van der Waals surface area contributed by atoms with Crippen molar-refractivity contribution in [2.24, 2.45) is 12.5 Å². The maximum atomic E-state index is 12.8. The van der Waals surface area contributed by atoms with Gasteiger partial charge in [-0.25, -0.2) is 0 Å². The second-order valence-electron chi connectivity index (χ2n) is 6.70. The van der Waals surface area contributed by atoms with Crippen molar-refractivity contribution in [3.05, 3.63) is 30.0 Å². The van der Waals surface area contributed by atoms with Gasteiger partial charge in [-0.2, -0.15) is 5.10 Å². The minimum absolute atomic E-state index is 0.0143. The quantitative estimate of drug-likeness (QED) is 0.875. The number of para-hydroxylation sites is 1. The molecule has 1 unspecified atom stereocenters. The Bertz CT molecular complexity index is 729. The predicted octanol–water partition coefficient (Wildman–Crippen LogP) is 1.95. The van der Waals surface area contributed by atoms with E-state index in [9.17, 15) is 9.90 Å². The summed E-state index contributed by atoms with van der Waals surface area (Å²) in [5.41, 5.74) is 1.61. The van der Waals surface area contributed by atoms with Gasteiger partial charge in [0, 0.05) is 25.5 Å². The molecule has 0 bridgehead atoms. The number of aryl methyl sites for hydroxylation is 1. The highest BCUT2D eigenvalue weighted by Crippen LogP contribution is 2.49. The van der Waals surface area contributed by atoms with E-state index in [-0.39, 0.29) is 17.4 Å². The number of likely N-dealkylation sites (tertiary alicyclic amines) is 1. The monoisotopic (exact) mass is 299 g/mol. The van der Waals surface area contributed by atoms with Crippen LogP contribution >= 0.6 is 0 Å². The summed E-state index contributed by atoms with van der Waals surface area (Å²) >= 11 is 0. The first-order chi connectivity index (χ1) is 10.6. The molecule has 2 fully saturated rings. The second-order valence-corrected chi connectivity index (χ2v) is 6.70. The molecule has 1 amide bonds. The first-order valence-corrected chi connectivity index (χ1v) is 8.00. The molecule has 1 aromatic carbocycles. The molecule has 2 aliphatic rings. The zero-order valence-electron chi connectivity index (χ0n) is 12.8. The van der Waals surface area contributed by atoms with Crippen LogP contribution in [0.2, 0.25) is 0 Å². The summed E-state index contributed by atoms with van der Waals surface area (Å²) in [6.45, 7) is 1.45. The van der Waals surface area contributed by atoms with E-state index >= 15 is 0 Å². The fraction of sp³-hybridized carbons (Fsp3) is 0.529. The summed E-state index contributed by atoms with van der Waals surface area (Å²) in [5, 5.41) is 15.3. The third-order valence-electron chi connectivity index (χ3n) is 5.63. The molecule has 1 aliphatic carbocycles. The van der Waals surface area contributed by atoms with Crippen LogP contribution in [0.25, 0.3) is 10.9 Å². The van der Waals surface area contributed by atoms with E-state index in [4.69, 9.17) is 0 Å². The van der Waals surface area contributed by atoms with Crippen molar-refractivity contribution >= 4 is 16.8 Å². The van der Waals surface area contributed by atoms with Crippen LogP contribution in [0.15, 0.2) is 24.3 Å². The molecule has 1 aliphatic heterocycles. The Labute approximate surface area is 129 Å². The molecule has 2 heterocycles. The number of aromatic nitrogens is 2. The molecule has 1 atom stereocenters. The van der Waals surface area contributed by atoms with Crippen LogP contribution in [0.4, 0.5) is 0 Å². The van der Waals surface area contributed by atoms with Gasteiger partial charge in [0.2, 0.25) is 0 Å². The number of aliphatic hydroxyl groups is 1. The van der Waals surface area contributed by atoms with E-state index in [0.29, 0.717) is 5.69 Å². The highest BCUT2D eigenvalue weighted by atomic mass is 16.3. The van der Waals surface area contributed by atoms with Gasteiger partial charge in [-0.1, -0.05) is 18.2 Å². The number of hydrogen-bond acceptors (Lipinski definition) is 3. The number of piperidine rings is 1. The number of carbonyl (C=O) groups excluding carboxylic acids is 1. The second kappa shape index (κ2) is 4.81. The van der Waals surface area contributed by atoms with Gasteiger partial charge in [0.25, 0.3) is 5.91 Å². The highest BCUT2D eigenvalue weighted by molar-refractivity contribution is 6.04. The van der Waals surface area contributed by atoms with Crippen molar-refractivity contribution in [2.45, 2.75) is 31.8 Å². The average Bonchev–Trinajstić information content (AvgIpc) is 2.90.